The molecule has 6 fully saturated rings. The molecule has 0 radical (unpaired) electrons. The molecular weight excluding hydrogens is 953 g/mol. The molecular formula is C62H70F8Si2. The minimum absolute atomic E-state index is 0.332. The van der Waals surface area contributed by atoms with Crippen molar-refractivity contribution >= 4 is 59.2 Å². The second-order valence-corrected chi connectivity index (χ2v) is 32.7. The van der Waals surface area contributed by atoms with E-state index in [0.29, 0.717) is 65.9 Å². The third-order valence-electron chi connectivity index (χ3n) is 20.0. The lowest BCUT2D eigenvalue weighted by molar-refractivity contribution is 0.418. The molecule has 11 rings (SSSR count). The number of hydrogen-bond acceptors (Lipinski definition) is 0. The van der Waals surface area contributed by atoms with Crippen molar-refractivity contribution in [3.63, 3.8) is 0 Å². The van der Waals surface area contributed by atoms with Gasteiger partial charge in [0.25, 0.3) is 0 Å². The van der Waals surface area contributed by atoms with Gasteiger partial charge in [0, 0.05) is 32.7 Å². The Morgan fingerprint density at radius 2 is 0.431 bits per heavy atom. The quantitative estimate of drug-likeness (QED) is 0.0397. The highest BCUT2D eigenvalue weighted by molar-refractivity contribution is 6.91. The van der Waals surface area contributed by atoms with Gasteiger partial charge in [0.05, 0.1) is 0 Å². The fraction of sp³-hybridized carbons (Fsp3) is 0.581. The normalized spacial score (nSPS) is 21.3. The Balaban J connectivity index is 1.29. The standard InChI is InChI=1S/C62H70F8Si2/c63-55-51-35-47-45(31-33-71(39-19-7-1-8-20-39,40-21-9-2-10-22-40)41-23-11-3-12-24-41)48-36-52-54(58(66)62(70)60(68)56(52)64)38-50(48)46(49(47)37-53(51)57(65)61(69)59(55)67)32-34-72(42-25-13-4-14-26-42,43-27-15-5-16-28-43)44-29-17-6-18-30-44/h35-44H,1-30H2. The van der Waals surface area contributed by atoms with Crippen LogP contribution in [0.15, 0.2) is 24.3 Å². The number of halogens is 8. The molecule has 6 aliphatic carbocycles. The maximum Gasteiger partial charge on any atom is 0.198 e. The van der Waals surface area contributed by atoms with Crippen LogP contribution in [0.4, 0.5) is 35.1 Å². The van der Waals surface area contributed by atoms with E-state index in [0.717, 1.165) is 154 Å². The SMILES string of the molecule is Fc1c(F)c(F)c2cc3c(C#C[Si](C4CCCCC4)(C4CCCCC4)C4CCCCC4)c4cc5c(F)c(F)c(F)c(F)c5cc4c(C#C[Si](C4CCCCC4)(C4CCCCC4)C4CCCCC4)c3cc2c1F. The van der Waals surface area contributed by atoms with Gasteiger partial charge in [-0.2, -0.15) is 0 Å². The Morgan fingerprint density at radius 3 is 0.611 bits per heavy atom. The summed E-state index contributed by atoms with van der Waals surface area (Å²) in [4.78, 5) is 0. The van der Waals surface area contributed by atoms with Gasteiger partial charge in [0.15, 0.2) is 46.5 Å². The molecule has 0 amide bonds. The third-order valence-corrected chi connectivity index (χ3v) is 32.7. The van der Waals surface area contributed by atoms with Crippen molar-refractivity contribution in [3.8, 4) is 22.9 Å². The Bertz CT molecular complexity index is 2580. The molecule has 6 aliphatic rings. The molecule has 0 heterocycles. The Hall–Kier alpha value is -3.87. The van der Waals surface area contributed by atoms with E-state index in [4.69, 9.17) is 0 Å². The van der Waals surface area contributed by atoms with Crippen LogP contribution in [0.5, 0.6) is 0 Å². The van der Waals surface area contributed by atoms with Crippen LogP contribution in [0.25, 0.3) is 43.1 Å². The van der Waals surface area contributed by atoms with Crippen molar-refractivity contribution in [2.24, 2.45) is 0 Å². The Labute approximate surface area is 423 Å². The average Bonchev–Trinajstić information content (AvgIpc) is 3.44. The molecule has 0 aliphatic heterocycles. The van der Waals surface area contributed by atoms with E-state index in [2.05, 4.69) is 22.9 Å². The summed E-state index contributed by atoms with van der Waals surface area (Å²) >= 11 is 0. The van der Waals surface area contributed by atoms with Crippen molar-refractivity contribution in [2.45, 2.75) is 226 Å². The van der Waals surface area contributed by atoms with E-state index >= 15 is 35.1 Å². The predicted octanol–water partition coefficient (Wildman–Crippen LogP) is 20.1. The van der Waals surface area contributed by atoms with Gasteiger partial charge in [-0.15, -0.1) is 11.1 Å². The number of fused-ring (bicyclic) bond motifs is 4. The van der Waals surface area contributed by atoms with E-state index in [-0.39, 0.29) is 0 Å². The first-order chi connectivity index (χ1) is 35.0. The summed E-state index contributed by atoms with van der Waals surface area (Å²) in [7, 11) is -5.23. The summed E-state index contributed by atoms with van der Waals surface area (Å²) in [6.45, 7) is 0. The van der Waals surface area contributed by atoms with Crippen molar-refractivity contribution in [2.75, 3.05) is 0 Å². The van der Waals surface area contributed by atoms with E-state index in [1.165, 1.54) is 62.8 Å². The summed E-state index contributed by atoms with van der Waals surface area (Å²) in [6, 6.07) is 5.47. The van der Waals surface area contributed by atoms with Crippen LogP contribution < -0.4 is 0 Å². The van der Waals surface area contributed by atoms with Crippen LogP contribution in [0, 0.1) is 69.5 Å². The molecule has 0 atom stereocenters. The van der Waals surface area contributed by atoms with Crippen LogP contribution >= 0.6 is 0 Å². The fourth-order valence-corrected chi connectivity index (χ4v) is 30.7. The average molecular weight is 1020 g/mol. The molecule has 5 aromatic rings. The summed E-state index contributed by atoms with van der Waals surface area (Å²) in [5.41, 5.74) is 11.8. The van der Waals surface area contributed by atoms with Gasteiger partial charge >= 0.3 is 0 Å². The van der Waals surface area contributed by atoms with Crippen LogP contribution in [0.3, 0.4) is 0 Å². The highest BCUT2D eigenvalue weighted by Crippen LogP contribution is 2.59. The zero-order valence-corrected chi connectivity index (χ0v) is 44.0. The summed E-state index contributed by atoms with van der Waals surface area (Å²) in [6.07, 6.45) is 34.2. The molecule has 0 bridgehead atoms. The van der Waals surface area contributed by atoms with E-state index in [9.17, 15) is 0 Å². The van der Waals surface area contributed by atoms with Crippen molar-refractivity contribution in [3.05, 3.63) is 81.9 Å². The molecule has 0 nitrogen and oxygen atoms in total. The predicted molar refractivity (Wildman–Crippen MR) is 282 cm³/mol. The van der Waals surface area contributed by atoms with E-state index in [1.807, 2.05) is 0 Å². The molecule has 6 saturated carbocycles. The lowest BCUT2D eigenvalue weighted by Gasteiger charge is -2.50. The summed E-state index contributed by atoms with van der Waals surface area (Å²) in [5, 5.41) is -0.518. The molecule has 0 N–H and O–H groups in total. The molecule has 382 valence electrons. The minimum atomic E-state index is -2.61. The van der Waals surface area contributed by atoms with Crippen LogP contribution in [-0.4, -0.2) is 16.1 Å². The van der Waals surface area contributed by atoms with E-state index in [1.54, 1.807) is 0 Å². The van der Waals surface area contributed by atoms with Crippen LogP contribution in [-0.2, 0) is 0 Å². The van der Waals surface area contributed by atoms with Crippen molar-refractivity contribution in [1.82, 2.24) is 0 Å². The van der Waals surface area contributed by atoms with Gasteiger partial charge in [-0.1, -0.05) is 204 Å². The Kier molecular flexibility index (Phi) is 14.7. The third kappa shape index (κ3) is 8.65. The number of rotatable bonds is 6. The topological polar surface area (TPSA) is 0 Å². The lowest BCUT2D eigenvalue weighted by Crippen LogP contribution is -2.50. The van der Waals surface area contributed by atoms with E-state index < -0.39 is 84.2 Å². The first-order valence-electron chi connectivity index (χ1n) is 28.5. The first-order valence-corrected chi connectivity index (χ1v) is 32.9. The van der Waals surface area contributed by atoms with Gasteiger partial charge in [0.1, 0.15) is 16.1 Å². The van der Waals surface area contributed by atoms with Gasteiger partial charge in [-0.3, -0.25) is 0 Å². The maximum absolute atomic E-state index is 16.3. The highest BCUT2D eigenvalue weighted by Gasteiger charge is 2.54. The first kappa shape index (κ1) is 50.3. The zero-order valence-electron chi connectivity index (χ0n) is 42.0. The molecule has 5 aromatic carbocycles. The summed E-state index contributed by atoms with van der Waals surface area (Å²) in [5.74, 6) is -6.27. The second-order valence-electron chi connectivity index (χ2n) is 23.5. The van der Waals surface area contributed by atoms with Gasteiger partial charge in [-0.25, -0.2) is 35.1 Å². The molecule has 0 spiro atoms. The number of benzene rings is 5. The van der Waals surface area contributed by atoms with Crippen molar-refractivity contribution in [1.29, 1.82) is 0 Å². The monoisotopic (exact) mass is 1020 g/mol. The van der Waals surface area contributed by atoms with Gasteiger partial charge in [-0.05, 0) is 79.1 Å². The fourth-order valence-electron chi connectivity index (χ4n) is 16.6. The highest BCUT2D eigenvalue weighted by atomic mass is 28.3. The Morgan fingerprint density at radius 1 is 0.250 bits per heavy atom. The van der Waals surface area contributed by atoms with Gasteiger partial charge < -0.3 is 0 Å². The number of hydrogen-bond donors (Lipinski definition) is 0. The van der Waals surface area contributed by atoms with Crippen LogP contribution in [0.2, 0.25) is 33.2 Å². The maximum atomic E-state index is 16.3. The smallest absolute Gasteiger partial charge is 0.198 e. The lowest BCUT2D eigenvalue weighted by atomic mass is 9.88. The molecule has 0 unspecified atom stereocenters. The molecule has 10 heteroatoms. The second kappa shape index (κ2) is 21.0. The molecule has 72 heavy (non-hydrogen) atoms. The summed E-state index contributed by atoms with van der Waals surface area (Å²) < 4.78 is 127. The van der Waals surface area contributed by atoms with Crippen LogP contribution in [0.1, 0.15) is 204 Å². The largest absolute Gasteiger partial charge is 0.203 e. The van der Waals surface area contributed by atoms with Crippen molar-refractivity contribution < 1.29 is 35.1 Å². The molecule has 0 aromatic heterocycles. The minimum Gasteiger partial charge on any atom is -0.203 e. The molecule has 0 saturated heterocycles. The van der Waals surface area contributed by atoms with Gasteiger partial charge in [0.2, 0.25) is 0 Å². The zero-order chi connectivity index (χ0) is 49.7.